The van der Waals surface area contributed by atoms with E-state index in [1.165, 1.54) is 6.07 Å². The fraction of sp³-hybridized carbons (Fsp3) is 0.158. The van der Waals surface area contributed by atoms with E-state index >= 15 is 0 Å². The van der Waals surface area contributed by atoms with Crippen molar-refractivity contribution in [2.45, 2.75) is 19.8 Å². The number of nitrogens with one attached hydrogen (secondary N) is 1. The Bertz CT molecular complexity index is 766. The minimum atomic E-state index is -0.466. The van der Waals surface area contributed by atoms with Crippen molar-refractivity contribution in [3.05, 3.63) is 65.5 Å². The van der Waals surface area contributed by atoms with Crippen molar-refractivity contribution in [3.63, 3.8) is 0 Å². The quantitative estimate of drug-likeness (QED) is 0.773. The van der Waals surface area contributed by atoms with Crippen molar-refractivity contribution in [1.82, 2.24) is 0 Å². The molecule has 0 aliphatic carbocycles. The van der Waals surface area contributed by atoms with Crippen LogP contribution in [0.4, 0.5) is 4.39 Å². The van der Waals surface area contributed by atoms with Gasteiger partial charge in [-0.1, -0.05) is 48.6 Å². The van der Waals surface area contributed by atoms with Crippen molar-refractivity contribution in [2.75, 3.05) is 0 Å². The second-order valence-electron chi connectivity index (χ2n) is 5.23. The minimum Gasteiger partial charge on any atom is -0.370 e. The van der Waals surface area contributed by atoms with Crippen molar-refractivity contribution in [1.29, 1.82) is 5.41 Å². The van der Waals surface area contributed by atoms with Crippen LogP contribution in [-0.2, 0) is 4.79 Å². The molecule has 2 rings (SSSR count). The van der Waals surface area contributed by atoms with Crippen LogP contribution in [0.5, 0.6) is 0 Å². The molecule has 23 heavy (non-hydrogen) atoms. The summed E-state index contributed by atoms with van der Waals surface area (Å²) in [5.41, 5.74) is 7.98. The van der Waals surface area contributed by atoms with Gasteiger partial charge in [0.2, 0.25) is 5.91 Å². The van der Waals surface area contributed by atoms with E-state index in [0.717, 1.165) is 11.1 Å². The fourth-order valence-corrected chi connectivity index (χ4v) is 2.38. The summed E-state index contributed by atoms with van der Waals surface area (Å²) in [5.74, 6) is -0.851. The van der Waals surface area contributed by atoms with E-state index in [1.807, 2.05) is 43.3 Å². The van der Waals surface area contributed by atoms with Crippen LogP contribution in [0.3, 0.4) is 0 Å². The first kappa shape index (κ1) is 16.6. The first-order valence-electron chi connectivity index (χ1n) is 7.40. The summed E-state index contributed by atoms with van der Waals surface area (Å²) >= 11 is 0. The average molecular weight is 310 g/mol. The van der Waals surface area contributed by atoms with Gasteiger partial charge in [-0.2, -0.15) is 0 Å². The van der Waals surface area contributed by atoms with Crippen molar-refractivity contribution in [2.24, 2.45) is 5.73 Å². The van der Waals surface area contributed by atoms with Crippen LogP contribution in [0, 0.1) is 11.2 Å². The third-order valence-electron chi connectivity index (χ3n) is 3.54. The van der Waals surface area contributed by atoms with Gasteiger partial charge in [-0.15, -0.1) is 0 Å². The van der Waals surface area contributed by atoms with Gasteiger partial charge in [-0.05, 0) is 36.1 Å². The third-order valence-corrected chi connectivity index (χ3v) is 3.54. The van der Waals surface area contributed by atoms with Gasteiger partial charge in [0.25, 0.3) is 0 Å². The lowest BCUT2D eigenvalue weighted by atomic mass is 9.96. The highest BCUT2D eigenvalue weighted by molar-refractivity contribution is 6.00. The number of halogens is 1. The van der Waals surface area contributed by atoms with Crippen LogP contribution < -0.4 is 5.73 Å². The van der Waals surface area contributed by atoms with Crippen LogP contribution >= 0.6 is 0 Å². The lowest BCUT2D eigenvalue weighted by Gasteiger charge is -2.10. The van der Waals surface area contributed by atoms with Gasteiger partial charge >= 0.3 is 0 Å². The summed E-state index contributed by atoms with van der Waals surface area (Å²) in [6.07, 6.45) is 4.14. The number of amides is 1. The van der Waals surface area contributed by atoms with E-state index in [9.17, 15) is 9.18 Å². The molecule has 0 fully saturated rings. The molecule has 3 N–H and O–H groups in total. The van der Waals surface area contributed by atoms with E-state index in [4.69, 9.17) is 11.1 Å². The Morgan fingerprint density at radius 3 is 2.57 bits per heavy atom. The van der Waals surface area contributed by atoms with Gasteiger partial charge < -0.3 is 11.1 Å². The van der Waals surface area contributed by atoms with E-state index in [1.54, 1.807) is 12.1 Å². The van der Waals surface area contributed by atoms with Gasteiger partial charge in [0, 0.05) is 17.7 Å². The molecule has 0 aromatic heterocycles. The van der Waals surface area contributed by atoms with Gasteiger partial charge in [0.1, 0.15) is 5.82 Å². The highest BCUT2D eigenvalue weighted by Gasteiger charge is 2.11. The van der Waals surface area contributed by atoms with Crippen LogP contribution in [0.15, 0.2) is 48.5 Å². The second-order valence-corrected chi connectivity index (χ2v) is 5.23. The summed E-state index contributed by atoms with van der Waals surface area (Å²) in [6.45, 7) is 1.91. The number of primary amides is 1. The molecule has 118 valence electrons. The number of hydrogen-bond acceptors (Lipinski definition) is 2. The highest BCUT2D eigenvalue weighted by atomic mass is 19.1. The zero-order valence-electron chi connectivity index (χ0n) is 13.0. The van der Waals surface area contributed by atoms with Crippen molar-refractivity contribution in [3.8, 4) is 11.1 Å². The predicted molar refractivity (Wildman–Crippen MR) is 91.8 cm³/mol. The Morgan fingerprint density at radius 1 is 1.17 bits per heavy atom. The molecule has 3 nitrogen and oxygen atoms in total. The predicted octanol–water partition coefficient (Wildman–Crippen LogP) is 4.16. The monoisotopic (exact) mass is 310 g/mol. The van der Waals surface area contributed by atoms with Gasteiger partial charge in [0.05, 0.1) is 0 Å². The molecule has 0 unspecified atom stereocenters. The number of allylic oxidation sites excluding steroid dienone is 1. The van der Waals surface area contributed by atoms with Gasteiger partial charge in [0.15, 0.2) is 0 Å². The molecule has 0 saturated heterocycles. The van der Waals surface area contributed by atoms with Crippen LogP contribution in [0.2, 0.25) is 0 Å². The van der Waals surface area contributed by atoms with E-state index < -0.39 is 5.91 Å². The molecule has 0 saturated carbocycles. The summed E-state index contributed by atoms with van der Waals surface area (Å²) in [7, 11) is 0. The average Bonchev–Trinajstić information content (AvgIpc) is 2.53. The molecule has 2 aromatic carbocycles. The number of hydrogen-bond donors (Lipinski definition) is 2. The summed E-state index contributed by atoms with van der Waals surface area (Å²) in [6, 6.07) is 12.3. The third kappa shape index (κ3) is 4.13. The number of rotatable bonds is 6. The molecule has 0 atom stereocenters. The molecule has 2 aromatic rings. The molecule has 0 heterocycles. The van der Waals surface area contributed by atoms with Crippen LogP contribution in [-0.4, -0.2) is 11.6 Å². The Balaban J connectivity index is 2.33. The van der Waals surface area contributed by atoms with Gasteiger partial charge in [-0.3, -0.25) is 4.79 Å². The standard InChI is InChI=1S/C19H19FN2O/c1-2-5-13-6-3-4-7-15(13)16-9-8-14(12-17(16)20)18(21)10-11-19(22)23/h2-9,12,21H,10-11H2,1H3,(H2,22,23)/b5-2+,21-18?. The number of carbonyl (C=O) groups is 1. The maximum absolute atomic E-state index is 14.5. The maximum atomic E-state index is 14.5. The van der Waals surface area contributed by atoms with Gasteiger partial charge in [-0.25, -0.2) is 4.39 Å². The summed E-state index contributed by atoms with van der Waals surface area (Å²) in [4.78, 5) is 10.8. The lowest BCUT2D eigenvalue weighted by molar-refractivity contribution is -0.117. The largest absolute Gasteiger partial charge is 0.370 e. The Labute approximate surface area is 135 Å². The van der Waals surface area contributed by atoms with E-state index in [-0.39, 0.29) is 24.4 Å². The molecule has 4 heteroatoms. The van der Waals surface area contributed by atoms with Crippen molar-refractivity contribution < 1.29 is 9.18 Å². The van der Waals surface area contributed by atoms with Crippen LogP contribution in [0.1, 0.15) is 30.9 Å². The molecule has 0 aliphatic rings. The van der Waals surface area contributed by atoms with Crippen molar-refractivity contribution >= 4 is 17.7 Å². The smallest absolute Gasteiger partial charge is 0.217 e. The second kappa shape index (κ2) is 7.49. The first-order valence-corrected chi connectivity index (χ1v) is 7.40. The zero-order chi connectivity index (χ0) is 16.8. The molecule has 0 spiro atoms. The molecule has 1 amide bonds. The Hall–Kier alpha value is -2.75. The molecule has 0 radical (unpaired) electrons. The summed E-state index contributed by atoms with van der Waals surface area (Å²) in [5, 5.41) is 7.92. The number of benzene rings is 2. The highest BCUT2D eigenvalue weighted by Crippen LogP contribution is 2.28. The SMILES string of the molecule is C/C=C/c1ccccc1-c1ccc(C(=N)CCC(N)=O)cc1F. The topological polar surface area (TPSA) is 66.9 Å². The number of nitrogens with two attached hydrogens (primary N) is 1. The molecule has 0 aliphatic heterocycles. The minimum absolute atomic E-state index is 0.0896. The molecular weight excluding hydrogens is 291 g/mol. The zero-order valence-corrected chi connectivity index (χ0v) is 13.0. The fourth-order valence-electron chi connectivity index (χ4n) is 2.38. The maximum Gasteiger partial charge on any atom is 0.217 e. The Morgan fingerprint density at radius 2 is 1.91 bits per heavy atom. The van der Waals surface area contributed by atoms with Crippen LogP contribution in [0.25, 0.3) is 17.2 Å². The Kier molecular flexibility index (Phi) is 5.41. The van der Waals surface area contributed by atoms with E-state index in [0.29, 0.717) is 11.1 Å². The normalized spacial score (nSPS) is 10.9. The first-order chi connectivity index (χ1) is 11.0. The number of carbonyl (C=O) groups excluding carboxylic acids is 1. The molecular formula is C19H19FN2O. The lowest BCUT2D eigenvalue weighted by Crippen LogP contribution is -2.12. The summed E-state index contributed by atoms with van der Waals surface area (Å²) < 4.78 is 14.5. The van der Waals surface area contributed by atoms with E-state index in [2.05, 4.69) is 0 Å². The molecule has 0 bridgehead atoms.